The van der Waals surface area contributed by atoms with E-state index in [1.54, 1.807) is 18.6 Å². The van der Waals surface area contributed by atoms with E-state index in [0.29, 0.717) is 22.0 Å². The number of aryl methyl sites for hydroxylation is 1. The van der Waals surface area contributed by atoms with Gasteiger partial charge < -0.3 is 4.98 Å². The topological polar surface area (TPSA) is 67.8 Å². The fraction of sp³-hybridized carbons (Fsp3) is 0.214. The molecule has 116 valence electrons. The molecule has 0 radical (unpaired) electrons. The Morgan fingerprint density at radius 2 is 2.00 bits per heavy atom. The molecule has 0 aliphatic rings. The Balaban J connectivity index is 1.95. The van der Waals surface area contributed by atoms with Crippen molar-refractivity contribution < 1.29 is 17.2 Å². The van der Waals surface area contributed by atoms with Crippen LogP contribution in [0.1, 0.15) is 0 Å². The summed E-state index contributed by atoms with van der Waals surface area (Å²) >= 11 is 0. The van der Waals surface area contributed by atoms with Gasteiger partial charge in [-0.1, -0.05) is 0 Å². The van der Waals surface area contributed by atoms with Crippen molar-refractivity contribution in [2.75, 3.05) is 12.0 Å². The first-order valence-corrected chi connectivity index (χ1v) is 8.56. The summed E-state index contributed by atoms with van der Waals surface area (Å²) < 4.78 is 50.4. The molecular formula is C14H13F2N3O2S. The number of aromatic nitrogens is 3. The zero-order valence-corrected chi connectivity index (χ0v) is 12.5. The van der Waals surface area contributed by atoms with Crippen LogP contribution >= 0.6 is 0 Å². The van der Waals surface area contributed by atoms with Gasteiger partial charge in [0, 0.05) is 46.7 Å². The molecule has 22 heavy (non-hydrogen) atoms. The number of nitrogens with zero attached hydrogens (tertiary/aromatic N) is 2. The van der Waals surface area contributed by atoms with E-state index in [1.165, 1.54) is 4.68 Å². The van der Waals surface area contributed by atoms with E-state index in [1.807, 2.05) is 0 Å². The lowest BCUT2D eigenvalue weighted by Gasteiger charge is -1.99. The summed E-state index contributed by atoms with van der Waals surface area (Å²) in [5.41, 5.74) is 1.86. The maximum absolute atomic E-state index is 13.4. The van der Waals surface area contributed by atoms with Crippen LogP contribution in [0, 0.1) is 11.6 Å². The third-order valence-electron chi connectivity index (χ3n) is 3.36. The van der Waals surface area contributed by atoms with Crippen molar-refractivity contribution in [3.05, 3.63) is 42.4 Å². The monoisotopic (exact) mass is 325 g/mol. The largest absolute Gasteiger partial charge is 0.360 e. The fourth-order valence-electron chi connectivity index (χ4n) is 2.24. The van der Waals surface area contributed by atoms with Crippen molar-refractivity contribution >= 4 is 20.7 Å². The van der Waals surface area contributed by atoms with Crippen molar-refractivity contribution in [1.29, 1.82) is 0 Å². The molecule has 0 aliphatic carbocycles. The van der Waals surface area contributed by atoms with Crippen molar-refractivity contribution in [2.45, 2.75) is 6.54 Å². The number of rotatable bonds is 4. The number of aromatic amines is 1. The lowest BCUT2D eigenvalue weighted by molar-refractivity contribution is 0.511. The predicted molar refractivity (Wildman–Crippen MR) is 79.1 cm³/mol. The smallest absolute Gasteiger partial charge is 0.160 e. The minimum Gasteiger partial charge on any atom is -0.360 e. The van der Waals surface area contributed by atoms with E-state index in [4.69, 9.17) is 0 Å². The van der Waals surface area contributed by atoms with E-state index in [-0.39, 0.29) is 12.3 Å². The van der Waals surface area contributed by atoms with Gasteiger partial charge in [0.1, 0.15) is 9.84 Å². The molecule has 1 N–H and O–H groups in total. The molecule has 3 rings (SSSR count). The molecule has 0 saturated carbocycles. The first-order valence-electron chi connectivity index (χ1n) is 6.50. The van der Waals surface area contributed by atoms with Gasteiger partial charge in [0.05, 0.1) is 18.5 Å². The highest BCUT2D eigenvalue weighted by molar-refractivity contribution is 7.90. The van der Waals surface area contributed by atoms with Crippen LogP contribution in [0.25, 0.3) is 22.0 Å². The molecule has 0 aliphatic heterocycles. The molecule has 5 nitrogen and oxygen atoms in total. The molecule has 2 aromatic heterocycles. The van der Waals surface area contributed by atoms with Crippen molar-refractivity contribution in [3.63, 3.8) is 0 Å². The van der Waals surface area contributed by atoms with E-state index in [9.17, 15) is 17.2 Å². The Morgan fingerprint density at radius 1 is 1.27 bits per heavy atom. The van der Waals surface area contributed by atoms with E-state index in [2.05, 4.69) is 10.1 Å². The summed E-state index contributed by atoms with van der Waals surface area (Å²) in [6.07, 6.45) is 6.04. The van der Waals surface area contributed by atoms with Gasteiger partial charge >= 0.3 is 0 Å². The minimum atomic E-state index is -3.07. The quantitative estimate of drug-likeness (QED) is 0.801. The Hall–Kier alpha value is -2.22. The summed E-state index contributed by atoms with van der Waals surface area (Å²) in [7, 11) is -3.07. The molecule has 0 fully saturated rings. The zero-order chi connectivity index (χ0) is 15.9. The van der Waals surface area contributed by atoms with Crippen LogP contribution < -0.4 is 0 Å². The summed E-state index contributed by atoms with van der Waals surface area (Å²) in [6.45, 7) is 0.240. The molecule has 0 atom stereocenters. The summed E-state index contributed by atoms with van der Waals surface area (Å²) in [5, 5.41) is 4.64. The van der Waals surface area contributed by atoms with E-state index in [0.717, 1.165) is 18.4 Å². The van der Waals surface area contributed by atoms with Gasteiger partial charge in [-0.2, -0.15) is 5.10 Å². The van der Waals surface area contributed by atoms with Gasteiger partial charge in [-0.25, -0.2) is 17.2 Å². The number of hydrogen-bond donors (Lipinski definition) is 1. The number of benzene rings is 1. The third kappa shape index (κ3) is 2.87. The number of hydrogen-bond acceptors (Lipinski definition) is 3. The average Bonchev–Trinajstić information content (AvgIpc) is 3.03. The van der Waals surface area contributed by atoms with Crippen LogP contribution in [0.3, 0.4) is 0 Å². The Morgan fingerprint density at radius 3 is 2.73 bits per heavy atom. The fourth-order valence-corrected chi connectivity index (χ4v) is 2.76. The highest BCUT2D eigenvalue weighted by Gasteiger charge is 2.12. The van der Waals surface area contributed by atoms with Crippen LogP contribution in [0.4, 0.5) is 8.78 Å². The number of H-pyrrole nitrogens is 1. The molecule has 1 aromatic carbocycles. The summed E-state index contributed by atoms with van der Waals surface area (Å²) in [6, 6.07) is 2.23. The Bertz CT molecular complexity index is 944. The summed E-state index contributed by atoms with van der Waals surface area (Å²) in [4.78, 5) is 2.88. The van der Waals surface area contributed by atoms with Crippen LogP contribution in [0.15, 0.2) is 30.7 Å². The highest BCUT2D eigenvalue weighted by Crippen LogP contribution is 2.29. The molecule has 0 amide bonds. The van der Waals surface area contributed by atoms with Gasteiger partial charge in [0.15, 0.2) is 11.6 Å². The molecule has 2 heterocycles. The number of nitrogens with one attached hydrogen (secondary N) is 1. The molecule has 0 bridgehead atoms. The van der Waals surface area contributed by atoms with Crippen LogP contribution in [0.2, 0.25) is 0 Å². The predicted octanol–water partition coefficient (Wildman–Crippen LogP) is 2.35. The average molecular weight is 325 g/mol. The SMILES string of the molecule is CS(=O)(=O)CCn1cc(-c2c[nH]c3cc(F)c(F)cc23)cn1. The second-order valence-corrected chi connectivity index (χ2v) is 7.40. The number of halogens is 2. The normalized spacial score (nSPS) is 12.1. The van der Waals surface area contributed by atoms with Crippen molar-refractivity contribution in [3.8, 4) is 11.1 Å². The third-order valence-corrected chi connectivity index (χ3v) is 4.28. The first-order chi connectivity index (χ1) is 10.3. The molecular weight excluding hydrogens is 312 g/mol. The molecule has 0 spiro atoms. The number of fused-ring (bicyclic) bond motifs is 1. The highest BCUT2D eigenvalue weighted by atomic mass is 32.2. The van der Waals surface area contributed by atoms with Gasteiger partial charge in [-0.15, -0.1) is 0 Å². The standard InChI is InChI=1S/C14H13F2N3O2S/c1-22(20,21)3-2-19-8-9(6-18-19)11-7-17-14-5-13(16)12(15)4-10(11)14/h4-8,17H,2-3H2,1H3. The molecule has 0 saturated heterocycles. The maximum Gasteiger partial charge on any atom is 0.160 e. The lowest BCUT2D eigenvalue weighted by atomic mass is 10.1. The van der Waals surface area contributed by atoms with Crippen LogP contribution in [-0.4, -0.2) is 35.2 Å². The molecule has 0 unspecified atom stereocenters. The molecule has 3 aromatic rings. The Labute approximate surface area is 125 Å². The van der Waals surface area contributed by atoms with Gasteiger partial charge in [-0.05, 0) is 6.07 Å². The van der Waals surface area contributed by atoms with Crippen LogP contribution in [-0.2, 0) is 16.4 Å². The second-order valence-electron chi connectivity index (χ2n) is 5.14. The summed E-state index contributed by atoms with van der Waals surface area (Å²) in [5.74, 6) is -1.84. The number of sulfone groups is 1. The maximum atomic E-state index is 13.4. The van der Waals surface area contributed by atoms with Crippen molar-refractivity contribution in [2.24, 2.45) is 0 Å². The van der Waals surface area contributed by atoms with Crippen LogP contribution in [0.5, 0.6) is 0 Å². The molecule has 8 heteroatoms. The first kappa shape index (κ1) is 14.7. The van der Waals surface area contributed by atoms with Gasteiger partial charge in [0.25, 0.3) is 0 Å². The van der Waals surface area contributed by atoms with Crippen molar-refractivity contribution in [1.82, 2.24) is 14.8 Å². The van der Waals surface area contributed by atoms with Gasteiger partial charge in [-0.3, -0.25) is 4.68 Å². The second kappa shape index (κ2) is 5.20. The minimum absolute atomic E-state index is 0.0121. The van der Waals surface area contributed by atoms with E-state index < -0.39 is 21.5 Å². The Kier molecular flexibility index (Phi) is 3.48. The van der Waals surface area contributed by atoms with Gasteiger partial charge in [0.2, 0.25) is 0 Å². The van der Waals surface area contributed by atoms with E-state index >= 15 is 0 Å². The zero-order valence-electron chi connectivity index (χ0n) is 11.7. The lowest BCUT2D eigenvalue weighted by Crippen LogP contribution is -2.11.